The quantitative estimate of drug-likeness (QED) is 0.822. The van der Waals surface area contributed by atoms with Gasteiger partial charge in [0.05, 0.1) is 10.6 Å². The van der Waals surface area contributed by atoms with Crippen molar-refractivity contribution in [2.45, 2.75) is 38.6 Å². The van der Waals surface area contributed by atoms with Gasteiger partial charge in [-0.15, -0.1) is 0 Å². The molecule has 4 heteroatoms. The normalized spacial score (nSPS) is 23.7. The molecule has 0 aromatic carbocycles. The molecule has 0 saturated heterocycles. The van der Waals surface area contributed by atoms with Crippen molar-refractivity contribution in [3.8, 4) is 0 Å². The summed E-state index contributed by atoms with van der Waals surface area (Å²) in [4.78, 5) is 18.1. The van der Waals surface area contributed by atoms with Gasteiger partial charge in [-0.3, -0.25) is 9.78 Å². The van der Waals surface area contributed by atoms with Crippen molar-refractivity contribution in [1.82, 2.24) is 9.88 Å². The topological polar surface area (TPSA) is 33.2 Å². The molecular formula is C14H19ClN2O. The van der Waals surface area contributed by atoms with Crippen LogP contribution >= 0.6 is 11.6 Å². The van der Waals surface area contributed by atoms with E-state index in [9.17, 15) is 4.79 Å². The van der Waals surface area contributed by atoms with Crippen LogP contribution < -0.4 is 0 Å². The molecule has 18 heavy (non-hydrogen) atoms. The number of nitrogens with zero attached hydrogens (tertiary/aromatic N) is 2. The highest BCUT2D eigenvalue weighted by Gasteiger charge is 2.26. The second-order valence-corrected chi connectivity index (χ2v) is 5.60. The molecule has 0 radical (unpaired) electrons. The van der Waals surface area contributed by atoms with E-state index in [-0.39, 0.29) is 5.91 Å². The first-order valence-corrected chi connectivity index (χ1v) is 6.84. The minimum Gasteiger partial charge on any atom is -0.339 e. The molecule has 2 unspecified atom stereocenters. The Balaban J connectivity index is 2.11. The fourth-order valence-electron chi connectivity index (χ4n) is 2.66. The van der Waals surface area contributed by atoms with Crippen molar-refractivity contribution in [3.63, 3.8) is 0 Å². The molecule has 1 aliphatic carbocycles. The van der Waals surface area contributed by atoms with Crippen LogP contribution in [0.2, 0.25) is 5.02 Å². The summed E-state index contributed by atoms with van der Waals surface area (Å²) in [6.07, 6.45) is 7.78. The SMILES string of the molecule is CC1CCCC(N(C)C(=O)c2ccncc2Cl)C1. The van der Waals surface area contributed by atoms with Crippen molar-refractivity contribution < 1.29 is 4.79 Å². The molecule has 1 heterocycles. The van der Waals surface area contributed by atoms with Gasteiger partial charge in [-0.1, -0.05) is 31.4 Å². The number of amides is 1. The lowest BCUT2D eigenvalue weighted by Crippen LogP contribution is -2.39. The molecule has 1 aromatic heterocycles. The van der Waals surface area contributed by atoms with Crippen LogP contribution in [0, 0.1) is 5.92 Å². The van der Waals surface area contributed by atoms with E-state index in [4.69, 9.17) is 11.6 Å². The van der Waals surface area contributed by atoms with Crippen LogP contribution in [0.15, 0.2) is 18.5 Å². The Kier molecular flexibility index (Phi) is 4.23. The molecule has 1 fully saturated rings. The zero-order valence-electron chi connectivity index (χ0n) is 10.9. The summed E-state index contributed by atoms with van der Waals surface area (Å²) in [5.41, 5.74) is 0.549. The van der Waals surface area contributed by atoms with E-state index in [1.54, 1.807) is 12.3 Å². The van der Waals surface area contributed by atoms with E-state index in [0.717, 1.165) is 12.8 Å². The van der Waals surface area contributed by atoms with Crippen LogP contribution in [-0.4, -0.2) is 28.9 Å². The summed E-state index contributed by atoms with van der Waals surface area (Å²) < 4.78 is 0. The number of rotatable bonds is 2. The van der Waals surface area contributed by atoms with E-state index in [1.165, 1.54) is 19.0 Å². The van der Waals surface area contributed by atoms with Crippen LogP contribution in [0.25, 0.3) is 0 Å². The van der Waals surface area contributed by atoms with Crippen LogP contribution in [-0.2, 0) is 0 Å². The molecule has 1 aromatic rings. The van der Waals surface area contributed by atoms with Gasteiger partial charge in [0.25, 0.3) is 5.91 Å². The molecule has 1 amide bonds. The highest BCUT2D eigenvalue weighted by atomic mass is 35.5. The first kappa shape index (κ1) is 13.3. The predicted molar refractivity (Wildman–Crippen MR) is 72.8 cm³/mol. The smallest absolute Gasteiger partial charge is 0.255 e. The monoisotopic (exact) mass is 266 g/mol. The highest BCUT2D eigenvalue weighted by Crippen LogP contribution is 2.28. The van der Waals surface area contributed by atoms with Crippen molar-refractivity contribution in [1.29, 1.82) is 0 Å². The highest BCUT2D eigenvalue weighted by molar-refractivity contribution is 6.33. The van der Waals surface area contributed by atoms with Gasteiger partial charge in [-0.05, 0) is 24.8 Å². The van der Waals surface area contributed by atoms with Gasteiger partial charge in [0.15, 0.2) is 0 Å². The van der Waals surface area contributed by atoms with E-state index in [2.05, 4.69) is 11.9 Å². The maximum absolute atomic E-state index is 12.4. The van der Waals surface area contributed by atoms with E-state index < -0.39 is 0 Å². The number of pyridine rings is 1. The summed E-state index contributed by atoms with van der Waals surface area (Å²) in [6, 6.07) is 2.03. The van der Waals surface area contributed by atoms with Crippen molar-refractivity contribution in [2.75, 3.05) is 7.05 Å². The van der Waals surface area contributed by atoms with Crippen LogP contribution in [0.5, 0.6) is 0 Å². The molecule has 0 N–H and O–H groups in total. The maximum Gasteiger partial charge on any atom is 0.255 e. The predicted octanol–water partition coefficient (Wildman–Crippen LogP) is 3.39. The molecular weight excluding hydrogens is 248 g/mol. The number of aromatic nitrogens is 1. The third-order valence-corrected chi connectivity index (χ3v) is 4.08. The Labute approximate surface area is 113 Å². The summed E-state index contributed by atoms with van der Waals surface area (Å²) in [5.74, 6) is 0.702. The molecule has 2 atom stereocenters. The van der Waals surface area contributed by atoms with E-state index in [0.29, 0.717) is 22.5 Å². The van der Waals surface area contributed by atoms with Crippen LogP contribution in [0.1, 0.15) is 43.0 Å². The lowest BCUT2D eigenvalue weighted by Gasteiger charge is -2.34. The Morgan fingerprint density at radius 1 is 1.50 bits per heavy atom. The average molecular weight is 267 g/mol. The average Bonchev–Trinajstić information content (AvgIpc) is 2.37. The fourth-order valence-corrected chi connectivity index (χ4v) is 2.86. The molecule has 1 aliphatic rings. The minimum absolute atomic E-state index is 0.00139. The first-order valence-electron chi connectivity index (χ1n) is 6.46. The van der Waals surface area contributed by atoms with Crippen LogP contribution in [0.4, 0.5) is 0 Å². The third-order valence-electron chi connectivity index (χ3n) is 3.78. The number of halogens is 1. The Morgan fingerprint density at radius 3 is 2.94 bits per heavy atom. The molecule has 98 valence electrons. The molecule has 0 spiro atoms. The standard InChI is InChI=1S/C14H19ClN2O/c1-10-4-3-5-11(8-10)17(2)14(18)12-6-7-16-9-13(12)15/h6-7,9-11H,3-5,8H2,1-2H3. The number of hydrogen-bond donors (Lipinski definition) is 0. The molecule has 1 saturated carbocycles. The van der Waals surface area contributed by atoms with Gasteiger partial charge in [0.2, 0.25) is 0 Å². The summed E-state index contributed by atoms with van der Waals surface area (Å²) in [6.45, 7) is 2.25. The van der Waals surface area contributed by atoms with Crippen LogP contribution in [0.3, 0.4) is 0 Å². The van der Waals surface area contributed by atoms with Crippen molar-refractivity contribution in [3.05, 3.63) is 29.0 Å². The largest absolute Gasteiger partial charge is 0.339 e. The first-order chi connectivity index (χ1) is 8.59. The lowest BCUT2D eigenvalue weighted by molar-refractivity contribution is 0.0672. The van der Waals surface area contributed by atoms with Gasteiger partial charge >= 0.3 is 0 Å². The second kappa shape index (κ2) is 5.70. The minimum atomic E-state index is 0.00139. The molecule has 0 bridgehead atoms. The summed E-state index contributed by atoms with van der Waals surface area (Å²) in [7, 11) is 1.88. The third kappa shape index (κ3) is 2.83. The molecule has 0 aliphatic heterocycles. The van der Waals surface area contributed by atoms with E-state index in [1.807, 2.05) is 11.9 Å². The second-order valence-electron chi connectivity index (χ2n) is 5.20. The summed E-state index contributed by atoms with van der Waals surface area (Å²) >= 11 is 6.02. The Morgan fingerprint density at radius 2 is 2.28 bits per heavy atom. The van der Waals surface area contributed by atoms with Gasteiger partial charge in [-0.2, -0.15) is 0 Å². The zero-order valence-corrected chi connectivity index (χ0v) is 11.7. The molecule has 2 rings (SSSR count). The van der Waals surface area contributed by atoms with Gasteiger partial charge in [0.1, 0.15) is 0 Å². The maximum atomic E-state index is 12.4. The lowest BCUT2D eigenvalue weighted by atomic mass is 9.86. The van der Waals surface area contributed by atoms with Gasteiger partial charge in [0, 0.05) is 25.5 Å². The summed E-state index contributed by atoms with van der Waals surface area (Å²) in [5, 5.41) is 0.429. The van der Waals surface area contributed by atoms with Crippen molar-refractivity contribution >= 4 is 17.5 Å². The van der Waals surface area contributed by atoms with Gasteiger partial charge in [-0.25, -0.2) is 0 Å². The Bertz CT molecular complexity index is 436. The number of carbonyl (C=O) groups is 1. The zero-order chi connectivity index (χ0) is 13.1. The van der Waals surface area contributed by atoms with Crippen molar-refractivity contribution in [2.24, 2.45) is 5.92 Å². The Hall–Kier alpha value is -1.09. The molecule has 3 nitrogen and oxygen atoms in total. The van der Waals surface area contributed by atoms with E-state index >= 15 is 0 Å². The number of carbonyl (C=O) groups excluding carboxylic acids is 1. The number of hydrogen-bond acceptors (Lipinski definition) is 2. The fraction of sp³-hybridized carbons (Fsp3) is 0.571. The van der Waals surface area contributed by atoms with Gasteiger partial charge < -0.3 is 4.90 Å².